The van der Waals surface area contributed by atoms with Crippen LogP contribution in [0.3, 0.4) is 0 Å². The van der Waals surface area contributed by atoms with Gasteiger partial charge < -0.3 is 19.0 Å². The minimum Gasteiger partial charge on any atom is -0.491 e. The quantitative estimate of drug-likeness (QED) is 0.204. The number of aliphatic hydroxyl groups excluding tert-OH is 1. The topological polar surface area (TPSA) is 82.1 Å². The summed E-state index contributed by atoms with van der Waals surface area (Å²) in [5.74, 6) is 0.993. The Balaban J connectivity index is 1.65. The number of allylic oxidation sites excluding steroid dienone is 1. The maximum atomic E-state index is 13.1. The average molecular weight is 531 g/mol. The van der Waals surface area contributed by atoms with Crippen LogP contribution in [0.5, 0.6) is 5.75 Å². The van der Waals surface area contributed by atoms with Crippen LogP contribution in [0.25, 0.3) is 0 Å². The van der Waals surface area contributed by atoms with Gasteiger partial charge in [0.05, 0.1) is 19.3 Å². The Kier molecular flexibility index (Phi) is 10.2. The van der Waals surface area contributed by atoms with Crippen molar-refractivity contribution in [1.29, 1.82) is 0 Å². The molecule has 206 valence electrons. The van der Waals surface area contributed by atoms with Crippen molar-refractivity contribution in [2.75, 3.05) is 13.7 Å². The molecule has 0 spiro atoms. The lowest BCUT2D eigenvalue weighted by atomic mass is 9.89. The molecule has 0 heterocycles. The Bertz CT molecular complexity index is 922. The van der Waals surface area contributed by atoms with E-state index in [-0.39, 0.29) is 47.1 Å². The highest BCUT2D eigenvalue weighted by molar-refractivity contribution is 6.74. The summed E-state index contributed by atoms with van der Waals surface area (Å²) >= 11 is 0. The van der Waals surface area contributed by atoms with E-state index in [1.165, 1.54) is 7.11 Å². The summed E-state index contributed by atoms with van der Waals surface area (Å²) in [5.41, 5.74) is 0. The van der Waals surface area contributed by atoms with Crippen LogP contribution in [0.2, 0.25) is 18.1 Å². The molecule has 2 saturated carbocycles. The summed E-state index contributed by atoms with van der Waals surface area (Å²) in [5, 5.41) is 10.8. The third kappa shape index (κ3) is 7.77. The molecule has 2 aliphatic rings. The van der Waals surface area contributed by atoms with Crippen LogP contribution in [0, 0.1) is 23.7 Å². The van der Waals surface area contributed by atoms with Crippen LogP contribution in [-0.4, -0.2) is 51.1 Å². The van der Waals surface area contributed by atoms with Crippen molar-refractivity contribution in [1.82, 2.24) is 0 Å². The molecule has 1 N–H and O–H groups in total. The van der Waals surface area contributed by atoms with Crippen LogP contribution < -0.4 is 4.74 Å². The molecule has 0 amide bonds. The standard InChI is InChI=1S/C30H46O6Si/c1-30(2,3)37(5,6)36-23(20-35-22-11-8-7-9-12-22)17-15-21-16-18-24-25(21)19-26(29(24)33)27(31)13-10-14-28(32)34-4/h7-9,11-12,15,17,21,23-27,31H,10,13-14,16,18-20H2,1-6H3. The first-order valence-electron chi connectivity index (χ1n) is 13.8. The predicted molar refractivity (Wildman–Crippen MR) is 148 cm³/mol. The van der Waals surface area contributed by atoms with Crippen molar-refractivity contribution in [3.8, 4) is 5.75 Å². The highest BCUT2D eigenvalue weighted by Crippen LogP contribution is 2.50. The van der Waals surface area contributed by atoms with E-state index in [1.54, 1.807) is 0 Å². The van der Waals surface area contributed by atoms with Gasteiger partial charge in [-0.2, -0.15) is 0 Å². The molecule has 1 aromatic carbocycles. The van der Waals surface area contributed by atoms with E-state index in [2.05, 4.69) is 50.8 Å². The highest BCUT2D eigenvalue weighted by atomic mass is 28.4. The molecule has 6 unspecified atom stereocenters. The molecule has 2 aliphatic carbocycles. The number of aliphatic hydroxyl groups is 1. The number of Topliss-reactive ketones (excluding diaryl/α,β-unsaturated/α-hetero) is 1. The summed E-state index contributed by atoms with van der Waals surface area (Å²) in [4.78, 5) is 24.5. The molecule has 37 heavy (non-hydrogen) atoms. The predicted octanol–water partition coefficient (Wildman–Crippen LogP) is 5.95. The van der Waals surface area contributed by atoms with Crippen LogP contribution in [0.15, 0.2) is 42.5 Å². The smallest absolute Gasteiger partial charge is 0.305 e. The largest absolute Gasteiger partial charge is 0.491 e. The minimum absolute atomic E-state index is 0.0234. The molecule has 0 saturated heterocycles. The molecule has 0 bridgehead atoms. The van der Waals surface area contributed by atoms with Gasteiger partial charge in [0.1, 0.15) is 18.1 Å². The van der Waals surface area contributed by atoms with E-state index in [0.29, 0.717) is 31.8 Å². The van der Waals surface area contributed by atoms with Crippen molar-refractivity contribution in [2.24, 2.45) is 23.7 Å². The Labute approximate surface area is 223 Å². The molecule has 0 radical (unpaired) electrons. The number of benzene rings is 1. The Morgan fingerprint density at radius 3 is 2.54 bits per heavy atom. The number of esters is 1. The zero-order valence-electron chi connectivity index (χ0n) is 23.4. The highest BCUT2D eigenvalue weighted by Gasteiger charge is 2.50. The summed E-state index contributed by atoms with van der Waals surface area (Å²) in [6, 6.07) is 9.81. The zero-order valence-corrected chi connectivity index (χ0v) is 24.4. The molecular formula is C30H46O6Si. The molecule has 6 atom stereocenters. The van der Waals surface area contributed by atoms with E-state index in [4.69, 9.17) is 9.16 Å². The molecule has 6 nitrogen and oxygen atoms in total. The fourth-order valence-corrected chi connectivity index (χ4v) is 6.72. The van der Waals surface area contributed by atoms with E-state index < -0.39 is 14.4 Å². The van der Waals surface area contributed by atoms with Gasteiger partial charge in [-0.15, -0.1) is 0 Å². The van der Waals surface area contributed by atoms with E-state index >= 15 is 0 Å². The van der Waals surface area contributed by atoms with Gasteiger partial charge in [-0.3, -0.25) is 9.59 Å². The summed E-state index contributed by atoms with van der Waals surface area (Å²) in [6.45, 7) is 11.7. The number of hydrogen-bond acceptors (Lipinski definition) is 6. The van der Waals surface area contributed by atoms with Crippen molar-refractivity contribution in [3.63, 3.8) is 0 Å². The molecule has 2 fully saturated rings. The summed E-state index contributed by atoms with van der Waals surface area (Å²) < 4.78 is 17.5. The fourth-order valence-electron chi connectivity index (χ4n) is 5.47. The number of carbonyl (C=O) groups is 2. The van der Waals surface area contributed by atoms with Crippen LogP contribution in [0.4, 0.5) is 0 Å². The number of carbonyl (C=O) groups excluding carboxylic acids is 2. The number of methoxy groups -OCH3 is 1. The van der Waals surface area contributed by atoms with Gasteiger partial charge in [-0.05, 0) is 74.2 Å². The minimum atomic E-state index is -2.02. The monoisotopic (exact) mass is 530 g/mol. The van der Waals surface area contributed by atoms with Crippen molar-refractivity contribution in [3.05, 3.63) is 42.5 Å². The van der Waals surface area contributed by atoms with Crippen LogP contribution in [-0.2, 0) is 18.8 Å². The second-order valence-corrected chi connectivity index (χ2v) is 17.0. The van der Waals surface area contributed by atoms with Gasteiger partial charge in [-0.25, -0.2) is 0 Å². The first-order valence-corrected chi connectivity index (χ1v) is 16.7. The SMILES string of the molecule is COC(=O)CCCC(O)C1CC2C(C=CC(COc3ccccc3)O[Si](C)(C)C(C)(C)C)CCC2C1=O. The number of hydrogen-bond donors (Lipinski definition) is 1. The third-order valence-corrected chi connectivity index (χ3v) is 13.2. The van der Waals surface area contributed by atoms with Gasteiger partial charge in [-0.1, -0.05) is 51.1 Å². The van der Waals surface area contributed by atoms with Crippen molar-refractivity contribution in [2.45, 2.75) is 89.6 Å². The maximum Gasteiger partial charge on any atom is 0.305 e. The van der Waals surface area contributed by atoms with E-state index in [0.717, 1.165) is 18.6 Å². The lowest BCUT2D eigenvalue weighted by Crippen LogP contribution is -2.44. The molecule has 0 aromatic heterocycles. The zero-order chi connectivity index (χ0) is 27.2. The van der Waals surface area contributed by atoms with Gasteiger partial charge in [0.2, 0.25) is 0 Å². The summed E-state index contributed by atoms with van der Waals surface area (Å²) in [6.07, 6.45) is 7.36. The van der Waals surface area contributed by atoms with Crippen LogP contribution >= 0.6 is 0 Å². The number of ether oxygens (including phenoxy) is 2. The Morgan fingerprint density at radius 1 is 1.19 bits per heavy atom. The maximum absolute atomic E-state index is 13.1. The molecule has 3 rings (SSSR count). The Hall–Kier alpha value is -1.96. The molecule has 1 aromatic rings. The lowest BCUT2D eigenvalue weighted by Gasteiger charge is -2.38. The van der Waals surface area contributed by atoms with Gasteiger partial charge in [0.25, 0.3) is 0 Å². The molecular weight excluding hydrogens is 484 g/mol. The van der Waals surface area contributed by atoms with E-state index in [1.807, 2.05) is 30.3 Å². The normalized spacial score (nSPS) is 25.8. The first kappa shape index (κ1) is 29.6. The molecule has 0 aliphatic heterocycles. The number of rotatable bonds is 12. The van der Waals surface area contributed by atoms with Crippen molar-refractivity contribution < 1.29 is 28.6 Å². The fraction of sp³-hybridized carbons (Fsp3) is 0.667. The van der Waals surface area contributed by atoms with Crippen LogP contribution in [0.1, 0.15) is 59.3 Å². The van der Waals surface area contributed by atoms with Gasteiger partial charge in [0, 0.05) is 18.3 Å². The second kappa shape index (κ2) is 12.7. The second-order valence-electron chi connectivity index (χ2n) is 12.2. The lowest BCUT2D eigenvalue weighted by molar-refractivity contribution is -0.140. The van der Waals surface area contributed by atoms with Gasteiger partial charge >= 0.3 is 5.97 Å². The number of fused-ring (bicyclic) bond motifs is 1. The summed E-state index contributed by atoms with van der Waals surface area (Å²) in [7, 11) is -0.657. The first-order chi connectivity index (χ1) is 17.4. The van der Waals surface area contributed by atoms with Crippen molar-refractivity contribution >= 4 is 20.1 Å². The Morgan fingerprint density at radius 2 is 1.89 bits per heavy atom. The number of para-hydroxylation sites is 1. The third-order valence-electron chi connectivity index (χ3n) is 8.69. The number of ketones is 1. The van der Waals surface area contributed by atoms with E-state index in [9.17, 15) is 14.7 Å². The molecule has 7 heteroatoms. The van der Waals surface area contributed by atoms with Gasteiger partial charge in [0.15, 0.2) is 8.32 Å². The average Bonchev–Trinajstić information content (AvgIpc) is 3.40.